The second-order valence-electron chi connectivity index (χ2n) is 5.69. The highest BCUT2D eigenvalue weighted by molar-refractivity contribution is 5.85. The molecule has 0 radical (unpaired) electrons. The Hall–Kier alpha value is -1.23. The van der Waals surface area contributed by atoms with E-state index in [1.54, 1.807) is 0 Å². The number of anilines is 1. The van der Waals surface area contributed by atoms with E-state index >= 15 is 0 Å². The first-order valence-electron chi connectivity index (χ1n) is 7.34. The average Bonchev–Trinajstić information content (AvgIpc) is 2.94. The molecule has 0 saturated carbocycles. The zero-order chi connectivity index (χ0) is 13.8. The Morgan fingerprint density at radius 3 is 2.55 bits per heavy atom. The van der Waals surface area contributed by atoms with Crippen molar-refractivity contribution in [1.29, 1.82) is 0 Å². The molecule has 0 atom stereocenters. The number of nitrogens with two attached hydrogens (primary N) is 1. The van der Waals surface area contributed by atoms with E-state index in [0.29, 0.717) is 0 Å². The zero-order valence-corrected chi connectivity index (χ0v) is 14.2. The third-order valence-electron chi connectivity index (χ3n) is 4.07. The molecule has 1 aromatic heterocycles. The van der Waals surface area contributed by atoms with Gasteiger partial charge < -0.3 is 5.73 Å². The van der Waals surface area contributed by atoms with Crippen molar-refractivity contribution in [2.24, 2.45) is 5.92 Å². The molecule has 0 amide bonds. The Labute approximate surface area is 144 Å². The number of benzene rings is 1. The van der Waals surface area contributed by atoms with Crippen molar-refractivity contribution in [3.8, 4) is 0 Å². The Kier molecular flexibility index (Phi) is 7.73. The van der Waals surface area contributed by atoms with Crippen LogP contribution in [0.25, 0.3) is 0 Å². The Bertz CT molecular complexity index is 537. The molecular weight excluding hydrogens is 319 g/mol. The molecule has 0 spiro atoms. The number of nitrogens with zero attached hydrogens (tertiary/aromatic N) is 3. The highest BCUT2D eigenvalue weighted by atomic mass is 35.5. The van der Waals surface area contributed by atoms with Crippen molar-refractivity contribution in [2.45, 2.75) is 25.9 Å². The maximum atomic E-state index is 5.83. The van der Waals surface area contributed by atoms with Crippen molar-refractivity contribution in [3.63, 3.8) is 0 Å². The molecule has 3 rings (SSSR count). The van der Waals surface area contributed by atoms with Crippen LogP contribution in [0.1, 0.15) is 18.4 Å². The van der Waals surface area contributed by atoms with Crippen LogP contribution in [0.3, 0.4) is 0 Å². The van der Waals surface area contributed by atoms with E-state index in [2.05, 4.69) is 33.0 Å². The van der Waals surface area contributed by atoms with Gasteiger partial charge in [-0.1, -0.05) is 12.1 Å². The fourth-order valence-corrected chi connectivity index (χ4v) is 2.95. The van der Waals surface area contributed by atoms with Gasteiger partial charge in [-0.3, -0.25) is 9.58 Å². The molecule has 2 N–H and O–H groups in total. The van der Waals surface area contributed by atoms with E-state index in [1.807, 2.05) is 24.4 Å². The minimum Gasteiger partial charge on any atom is -0.399 e. The molecule has 2 aromatic rings. The van der Waals surface area contributed by atoms with Gasteiger partial charge in [-0.05, 0) is 55.6 Å². The van der Waals surface area contributed by atoms with Crippen LogP contribution < -0.4 is 5.73 Å². The normalized spacial score (nSPS) is 15.8. The number of nitrogen functional groups attached to an aromatic ring is 1. The second-order valence-corrected chi connectivity index (χ2v) is 5.69. The summed E-state index contributed by atoms with van der Waals surface area (Å²) >= 11 is 0. The molecule has 1 fully saturated rings. The Morgan fingerprint density at radius 2 is 1.91 bits per heavy atom. The maximum Gasteiger partial charge on any atom is 0.0489 e. The number of aromatic nitrogens is 2. The van der Waals surface area contributed by atoms with E-state index in [1.165, 1.54) is 31.5 Å². The van der Waals surface area contributed by atoms with Crippen molar-refractivity contribution in [2.75, 3.05) is 18.8 Å². The van der Waals surface area contributed by atoms with Crippen LogP contribution in [-0.2, 0) is 13.1 Å². The topological polar surface area (TPSA) is 47.1 Å². The largest absolute Gasteiger partial charge is 0.399 e. The first-order valence-corrected chi connectivity index (χ1v) is 7.34. The first-order chi connectivity index (χ1) is 9.79. The molecule has 4 nitrogen and oxygen atoms in total. The number of hydrogen-bond acceptors (Lipinski definition) is 3. The van der Waals surface area contributed by atoms with Gasteiger partial charge >= 0.3 is 0 Å². The summed E-state index contributed by atoms with van der Waals surface area (Å²) in [6.07, 6.45) is 6.42. The van der Waals surface area contributed by atoms with E-state index in [-0.39, 0.29) is 24.8 Å². The van der Waals surface area contributed by atoms with Crippen LogP contribution in [0.5, 0.6) is 0 Å². The lowest BCUT2D eigenvalue weighted by molar-refractivity contribution is 0.164. The van der Waals surface area contributed by atoms with Crippen LogP contribution in [0.15, 0.2) is 42.7 Å². The summed E-state index contributed by atoms with van der Waals surface area (Å²) in [6, 6.07) is 10.2. The lowest BCUT2D eigenvalue weighted by Gasteiger charge is -2.32. The lowest BCUT2D eigenvalue weighted by atomic mass is 9.96. The van der Waals surface area contributed by atoms with Crippen LogP contribution in [0.4, 0.5) is 5.69 Å². The molecule has 1 saturated heterocycles. The van der Waals surface area contributed by atoms with E-state index in [9.17, 15) is 0 Å². The van der Waals surface area contributed by atoms with Gasteiger partial charge in [0.25, 0.3) is 0 Å². The molecule has 6 heteroatoms. The highest BCUT2D eigenvalue weighted by Crippen LogP contribution is 2.20. The molecule has 0 aliphatic carbocycles. The van der Waals surface area contributed by atoms with E-state index in [4.69, 9.17) is 5.73 Å². The second kappa shape index (κ2) is 9.03. The van der Waals surface area contributed by atoms with Crippen LogP contribution in [-0.4, -0.2) is 27.8 Å². The molecule has 2 heterocycles. The van der Waals surface area contributed by atoms with Crippen LogP contribution in [0, 0.1) is 5.92 Å². The SMILES string of the molecule is Cl.Cl.Nc1cccc(CN2CCC(Cn3cccn3)CC2)c1. The average molecular weight is 343 g/mol. The van der Waals surface area contributed by atoms with Crippen LogP contribution >= 0.6 is 24.8 Å². The summed E-state index contributed by atoms with van der Waals surface area (Å²) in [5.41, 5.74) is 8.01. The smallest absolute Gasteiger partial charge is 0.0489 e. The molecule has 1 aromatic carbocycles. The fourth-order valence-electron chi connectivity index (χ4n) is 2.95. The molecule has 1 aliphatic rings. The number of rotatable bonds is 4. The monoisotopic (exact) mass is 342 g/mol. The number of halogens is 2. The summed E-state index contributed by atoms with van der Waals surface area (Å²) in [5, 5.41) is 4.30. The van der Waals surface area contributed by atoms with Gasteiger partial charge in [0.15, 0.2) is 0 Å². The van der Waals surface area contributed by atoms with Gasteiger partial charge in [-0.25, -0.2) is 0 Å². The number of likely N-dealkylation sites (tertiary alicyclic amines) is 1. The highest BCUT2D eigenvalue weighted by Gasteiger charge is 2.19. The Morgan fingerprint density at radius 1 is 1.14 bits per heavy atom. The van der Waals surface area contributed by atoms with Crippen molar-refractivity contribution in [1.82, 2.24) is 14.7 Å². The minimum absolute atomic E-state index is 0. The molecule has 1 aliphatic heterocycles. The quantitative estimate of drug-likeness (QED) is 0.867. The summed E-state index contributed by atoms with van der Waals surface area (Å²) < 4.78 is 2.05. The van der Waals surface area contributed by atoms with Gasteiger partial charge in [0.05, 0.1) is 0 Å². The zero-order valence-electron chi connectivity index (χ0n) is 12.6. The lowest BCUT2D eigenvalue weighted by Crippen LogP contribution is -2.34. The van der Waals surface area contributed by atoms with Gasteiger partial charge in [0.2, 0.25) is 0 Å². The molecule has 22 heavy (non-hydrogen) atoms. The van der Waals surface area contributed by atoms with Gasteiger partial charge in [-0.15, -0.1) is 24.8 Å². The van der Waals surface area contributed by atoms with Crippen molar-refractivity contribution in [3.05, 3.63) is 48.3 Å². The molecule has 0 unspecified atom stereocenters. The fraction of sp³-hybridized carbons (Fsp3) is 0.438. The van der Waals surface area contributed by atoms with Crippen LogP contribution in [0.2, 0.25) is 0 Å². The third kappa shape index (κ3) is 5.20. The molecular formula is C16H24Cl2N4. The first kappa shape index (κ1) is 18.8. The standard InChI is InChI=1S/C16H22N4.2ClH/c17-16-4-1-3-15(11-16)12-19-9-5-14(6-10-19)13-20-8-2-7-18-20;;/h1-4,7-8,11,14H,5-6,9-10,12-13,17H2;2*1H. The maximum absolute atomic E-state index is 5.83. The van der Waals surface area contributed by atoms with Gasteiger partial charge in [0.1, 0.15) is 0 Å². The summed E-state index contributed by atoms with van der Waals surface area (Å²) in [4.78, 5) is 2.52. The third-order valence-corrected chi connectivity index (χ3v) is 4.07. The predicted octanol–water partition coefficient (Wildman–Crippen LogP) is 3.22. The summed E-state index contributed by atoms with van der Waals surface area (Å²) in [6.45, 7) is 4.40. The summed E-state index contributed by atoms with van der Waals surface area (Å²) in [5.74, 6) is 0.756. The van der Waals surface area contributed by atoms with E-state index in [0.717, 1.165) is 24.7 Å². The van der Waals surface area contributed by atoms with Crippen molar-refractivity contribution < 1.29 is 0 Å². The van der Waals surface area contributed by atoms with E-state index < -0.39 is 0 Å². The van der Waals surface area contributed by atoms with Gasteiger partial charge in [0, 0.05) is 31.2 Å². The molecule has 122 valence electrons. The number of piperidine rings is 1. The minimum atomic E-state index is 0. The number of hydrogen-bond donors (Lipinski definition) is 1. The predicted molar refractivity (Wildman–Crippen MR) is 95.6 cm³/mol. The summed E-state index contributed by atoms with van der Waals surface area (Å²) in [7, 11) is 0. The molecule has 0 bridgehead atoms. The van der Waals surface area contributed by atoms with Crippen molar-refractivity contribution >= 4 is 30.5 Å². The van der Waals surface area contributed by atoms with Gasteiger partial charge in [-0.2, -0.15) is 5.10 Å². The Balaban J connectivity index is 0.00000121.